The second kappa shape index (κ2) is 2.30. The summed E-state index contributed by atoms with van der Waals surface area (Å²) >= 11 is 0. The van der Waals surface area contributed by atoms with Crippen LogP contribution in [0.2, 0.25) is 0 Å². The van der Waals surface area contributed by atoms with Gasteiger partial charge in [-0.2, -0.15) is 0 Å². The molecule has 0 fully saturated rings. The zero-order chi connectivity index (χ0) is 8.55. The predicted molar refractivity (Wildman–Crippen MR) is 40.3 cm³/mol. The molecule has 2 N–H and O–H groups in total. The van der Waals surface area contributed by atoms with E-state index in [0.29, 0.717) is 16.7 Å². The molecule has 2 rings (SSSR count). The highest BCUT2D eigenvalue weighted by molar-refractivity contribution is 5.95. The van der Waals surface area contributed by atoms with Gasteiger partial charge in [-0.3, -0.25) is 4.79 Å². The number of hydrogen-bond acceptors (Lipinski definition) is 4. The third kappa shape index (κ3) is 0.914. The first-order valence-corrected chi connectivity index (χ1v) is 3.29. The van der Waals surface area contributed by atoms with Gasteiger partial charge in [0, 0.05) is 10.8 Å². The van der Waals surface area contributed by atoms with Gasteiger partial charge in [0.05, 0.1) is 0 Å². The van der Waals surface area contributed by atoms with Gasteiger partial charge >= 0.3 is 0 Å². The van der Waals surface area contributed by atoms with Crippen molar-refractivity contribution in [3.8, 4) is 0 Å². The van der Waals surface area contributed by atoms with Crippen molar-refractivity contribution in [2.45, 2.75) is 0 Å². The Bertz CT molecular complexity index is 435. The number of nitrogens with two attached hydrogens (primary N) is 1. The van der Waals surface area contributed by atoms with Crippen LogP contribution in [0.15, 0.2) is 22.7 Å². The van der Waals surface area contributed by atoms with Crippen molar-refractivity contribution < 1.29 is 9.32 Å². The van der Waals surface area contributed by atoms with E-state index in [-0.39, 0.29) is 0 Å². The van der Waals surface area contributed by atoms with E-state index in [4.69, 9.17) is 10.3 Å². The third-order valence-electron chi connectivity index (χ3n) is 1.53. The van der Waals surface area contributed by atoms with Crippen LogP contribution in [0.4, 0.5) is 0 Å². The number of fused-ring (bicyclic) bond motifs is 1. The molecule has 2 aromatic rings. The molecule has 1 aromatic heterocycles. The first-order valence-electron chi connectivity index (χ1n) is 3.29. The number of primary amides is 1. The third-order valence-corrected chi connectivity index (χ3v) is 1.53. The van der Waals surface area contributed by atoms with Crippen LogP contribution in [0.3, 0.4) is 0 Å². The Morgan fingerprint density at radius 3 is 3.08 bits per heavy atom. The highest BCUT2D eigenvalue weighted by Crippen LogP contribution is 2.11. The van der Waals surface area contributed by atoms with Crippen LogP contribution in [-0.4, -0.2) is 16.3 Å². The smallest absolute Gasteiger partial charge is 0.248 e. The molecule has 1 heterocycles. The normalized spacial score (nSPS) is 10.3. The van der Waals surface area contributed by atoms with Crippen LogP contribution in [0.1, 0.15) is 10.4 Å². The predicted octanol–water partition coefficient (Wildman–Crippen LogP) is 0.322. The van der Waals surface area contributed by atoms with Gasteiger partial charge in [-0.15, -0.1) is 5.10 Å². The monoisotopic (exact) mass is 163 g/mol. The number of rotatable bonds is 1. The highest BCUT2D eigenvalue weighted by atomic mass is 16.5. The molecule has 0 atom stereocenters. The highest BCUT2D eigenvalue weighted by Gasteiger charge is 2.04. The fourth-order valence-corrected chi connectivity index (χ4v) is 0.932. The van der Waals surface area contributed by atoms with E-state index >= 15 is 0 Å². The van der Waals surface area contributed by atoms with Crippen molar-refractivity contribution in [3.63, 3.8) is 0 Å². The van der Waals surface area contributed by atoms with Gasteiger partial charge in [0.2, 0.25) is 5.91 Å². The minimum atomic E-state index is -0.492. The van der Waals surface area contributed by atoms with Crippen LogP contribution < -0.4 is 5.73 Å². The number of nitrogens with zero attached hydrogens (tertiary/aromatic N) is 2. The van der Waals surface area contributed by atoms with E-state index in [1.807, 2.05) is 0 Å². The number of carbonyl (C=O) groups is 1. The van der Waals surface area contributed by atoms with Crippen molar-refractivity contribution in [1.82, 2.24) is 10.4 Å². The largest absolute Gasteiger partial charge is 0.366 e. The quantitative estimate of drug-likeness (QED) is 0.656. The van der Waals surface area contributed by atoms with Crippen molar-refractivity contribution in [1.29, 1.82) is 0 Å². The lowest BCUT2D eigenvalue weighted by Gasteiger charge is -1.91. The molecule has 1 amide bonds. The molecule has 0 radical (unpaired) electrons. The van der Waals surface area contributed by atoms with E-state index in [1.165, 1.54) is 6.07 Å². The van der Waals surface area contributed by atoms with Gasteiger partial charge < -0.3 is 10.3 Å². The zero-order valence-corrected chi connectivity index (χ0v) is 6.02. The first kappa shape index (κ1) is 6.78. The molecule has 0 aliphatic rings. The number of carbonyl (C=O) groups excluding carboxylic acids is 1. The second-order valence-electron chi connectivity index (χ2n) is 2.32. The molecule has 5 nitrogen and oxygen atoms in total. The first-order chi connectivity index (χ1) is 5.77. The van der Waals surface area contributed by atoms with Gasteiger partial charge in [-0.05, 0) is 18.2 Å². The fourth-order valence-electron chi connectivity index (χ4n) is 0.932. The Balaban J connectivity index is 2.68. The summed E-state index contributed by atoms with van der Waals surface area (Å²) in [4.78, 5) is 10.7. The summed E-state index contributed by atoms with van der Waals surface area (Å²) in [6.07, 6.45) is 0. The van der Waals surface area contributed by atoms with E-state index in [2.05, 4.69) is 10.4 Å². The average Bonchev–Trinajstić information content (AvgIpc) is 2.49. The van der Waals surface area contributed by atoms with Gasteiger partial charge in [-0.1, -0.05) is 0 Å². The maximum absolute atomic E-state index is 10.7. The lowest BCUT2D eigenvalue weighted by atomic mass is 10.2. The molecule has 1 aromatic carbocycles. The van der Waals surface area contributed by atoms with Gasteiger partial charge in [0.1, 0.15) is 5.52 Å². The Labute approximate surface area is 67.1 Å². The van der Waals surface area contributed by atoms with Crippen LogP contribution in [0.5, 0.6) is 0 Å². The molecular formula is C7H5N3O2. The molecule has 0 aliphatic heterocycles. The molecule has 60 valence electrons. The van der Waals surface area contributed by atoms with Gasteiger partial charge in [-0.25, -0.2) is 0 Å². The van der Waals surface area contributed by atoms with Crippen molar-refractivity contribution in [2.75, 3.05) is 0 Å². The molecule has 0 spiro atoms. The molecule has 5 heteroatoms. The Kier molecular flexibility index (Phi) is 1.30. The molecule has 0 saturated heterocycles. The standard InChI is InChI=1S/C7H5N3O2/c8-7(11)4-1-2-5-6(3-4)12-10-9-5/h1-3H,(H2,8,11). The van der Waals surface area contributed by atoms with Gasteiger partial charge in [0.25, 0.3) is 0 Å². The van der Waals surface area contributed by atoms with E-state index < -0.39 is 5.91 Å². The summed E-state index contributed by atoms with van der Waals surface area (Å²) in [5, 5.41) is 6.97. The Morgan fingerprint density at radius 2 is 2.33 bits per heavy atom. The molecule has 0 bridgehead atoms. The van der Waals surface area contributed by atoms with Crippen LogP contribution in [-0.2, 0) is 0 Å². The maximum Gasteiger partial charge on any atom is 0.248 e. The minimum absolute atomic E-state index is 0.390. The summed E-state index contributed by atoms with van der Waals surface area (Å²) in [5.74, 6) is -0.492. The SMILES string of the molecule is NC(=O)c1ccc2nnoc2c1. The maximum atomic E-state index is 10.7. The summed E-state index contributed by atoms with van der Waals surface area (Å²) in [6, 6.07) is 4.72. The van der Waals surface area contributed by atoms with E-state index in [1.54, 1.807) is 12.1 Å². The molecular weight excluding hydrogens is 158 g/mol. The van der Waals surface area contributed by atoms with Crippen molar-refractivity contribution >= 4 is 17.0 Å². The van der Waals surface area contributed by atoms with Crippen LogP contribution in [0, 0.1) is 0 Å². The van der Waals surface area contributed by atoms with Crippen LogP contribution in [0.25, 0.3) is 11.1 Å². The van der Waals surface area contributed by atoms with Crippen LogP contribution >= 0.6 is 0 Å². The number of benzene rings is 1. The zero-order valence-electron chi connectivity index (χ0n) is 6.02. The number of hydrogen-bond donors (Lipinski definition) is 1. The van der Waals surface area contributed by atoms with Gasteiger partial charge in [0.15, 0.2) is 5.58 Å². The summed E-state index contributed by atoms with van der Waals surface area (Å²) in [5.41, 5.74) is 6.52. The second-order valence-corrected chi connectivity index (χ2v) is 2.32. The molecule has 0 unspecified atom stereocenters. The number of aromatic nitrogens is 2. The van der Waals surface area contributed by atoms with E-state index in [9.17, 15) is 4.79 Å². The van der Waals surface area contributed by atoms with E-state index in [0.717, 1.165) is 0 Å². The lowest BCUT2D eigenvalue weighted by Crippen LogP contribution is -2.10. The molecule has 0 saturated carbocycles. The summed E-state index contributed by atoms with van der Waals surface area (Å²) in [6.45, 7) is 0. The summed E-state index contributed by atoms with van der Waals surface area (Å²) in [7, 11) is 0. The summed E-state index contributed by atoms with van der Waals surface area (Å²) < 4.78 is 4.74. The lowest BCUT2D eigenvalue weighted by molar-refractivity contribution is 0.100. The number of amides is 1. The minimum Gasteiger partial charge on any atom is -0.366 e. The topological polar surface area (TPSA) is 82.0 Å². The molecule has 0 aliphatic carbocycles. The fraction of sp³-hybridized carbons (Fsp3) is 0. The Morgan fingerprint density at radius 1 is 1.50 bits per heavy atom. The Hall–Kier alpha value is -1.91. The van der Waals surface area contributed by atoms with Crippen molar-refractivity contribution in [2.24, 2.45) is 5.73 Å². The van der Waals surface area contributed by atoms with Crippen molar-refractivity contribution in [3.05, 3.63) is 23.8 Å². The molecule has 12 heavy (non-hydrogen) atoms. The average molecular weight is 163 g/mol.